The molecule has 1 fully saturated rings. The van der Waals surface area contributed by atoms with Crippen LogP contribution >= 0.6 is 0 Å². The quantitative estimate of drug-likeness (QED) is 0.296. The topological polar surface area (TPSA) is 121 Å². The van der Waals surface area contributed by atoms with Crippen molar-refractivity contribution < 1.29 is 28.2 Å². The number of tetrazole rings is 1. The van der Waals surface area contributed by atoms with Gasteiger partial charge in [-0.15, -0.1) is 10.2 Å². The lowest BCUT2D eigenvalue weighted by molar-refractivity contribution is -0.142. The van der Waals surface area contributed by atoms with Gasteiger partial charge >= 0.3 is 0 Å². The monoisotopic (exact) mass is 586 g/mol. The first-order chi connectivity index (χ1) is 21.0. The summed E-state index contributed by atoms with van der Waals surface area (Å²) in [5.74, 6) is 0.991. The minimum absolute atomic E-state index is 0.0157. The molecule has 0 bridgehead atoms. The Morgan fingerprint density at radius 1 is 1.05 bits per heavy atom. The van der Waals surface area contributed by atoms with Gasteiger partial charge in [-0.3, -0.25) is 9.59 Å². The highest BCUT2D eigenvalue weighted by Crippen LogP contribution is 2.34. The molecule has 1 aromatic heterocycles. The summed E-state index contributed by atoms with van der Waals surface area (Å²) >= 11 is 0. The fraction of sp³-hybridized carbons (Fsp3) is 0.323. The highest BCUT2D eigenvalue weighted by atomic mass is 19.1. The second-order valence-corrected chi connectivity index (χ2v) is 10.5. The molecule has 1 aliphatic heterocycles. The average Bonchev–Trinajstić information content (AvgIpc) is 3.80. The van der Waals surface area contributed by atoms with Gasteiger partial charge in [-0.05, 0) is 77.7 Å². The summed E-state index contributed by atoms with van der Waals surface area (Å²) in [6.45, 7) is -0.102. The number of nitrogens with zero attached hydrogens (tertiary/aromatic N) is 5. The number of carbonyl (C=O) groups is 2. The van der Waals surface area contributed by atoms with E-state index in [0.29, 0.717) is 34.2 Å². The molecule has 1 aliphatic carbocycles. The zero-order valence-electron chi connectivity index (χ0n) is 23.6. The van der Waals surface area contributed by atoms with Gasteiger partial charge in [0.2, 0.25) is 24.4 Å². The number of halogens is 1. The minimum atomic E-state index is -1.04. The SMILES string of the molecule is COc1ccc(-c2nnn(CC(=O)N(Cc3ccc4c(c3)OCO4)C(C(=O)NC3CCCC3)c3ccc(F)cc3)n2)cc1. The number of nitrogens with one attached hydrogen (secondary N) is 1. The average molecular weight is 587 g/mol. The van der Waals surface area contributed by atoms with Crippen LogP contribution in [0.2, 0.25) is 0 Å². The lowest BCUT2D eigenvalue weighted by Crippen LogP contribution is -2.46. The predicted molar refractivity (Wildman–Crippen MR) is 152 cm³/mol. The molecule has 4 aromatic rings. The van der Waals surface area contributed by atoms with Crippen molar-refractivity contribution in [2.24, 2.45) is 0 Å². The van der Waals surface area contributed by atoms with Crippen LogP contribution in [-0.2, 0) is 22.7 Å². The van der Waals surface area contributed by atoms with Gasteiger partial charge in [-0.2, -0.15) is 4.80 Å². The Bertz CT molecular complexity index is 1590. The van der Waals surface area contributed by atoms with Crippen molar-refractivity contribution in [3.05, 3.63) is 83.7 Å². The molecule has 1 unspecified atom stereocenters. The summed E-state index contributed by atoms with van der Waals surface area (Å²) in [5.41, 5.74) is 1.91. The first-order valence-electron chi connectivity index (χ1n) is 14.1. The van der Waals surface area contributed by atoms with E-state index < -0.39 is 17.8 Å². The van der Waals surface area contributed by atoms with Crippen LogP contribution in [-0.4, -0.2) is 56.9 Å². The predicted octanol–water partition coefficient (Wildman–Crippen LogP) is 4.05. The Morgan fingerprint density at radius 2 is 1.79 bits per heavy atom. The van der Waals surface area contributed by atoms with Crippen LogP contribution in [0, 0.1) is 5.82 Å². The number of aromatic nitrogens is 4. The third kappa shape index (κ3) is 6.42. The van der Waals surface area contributed by atoms with E-state index in [4.69, 9.17) is 14.2 Å². The molecule has 0 spiro atoms. The van der Waals surface area contributed by atoms with E-state index in [1.165, 1.54) is 34.0 Å². The number of hydrogen-bond donors (Lipinski definition) is 1. The fourth-order valence-corrected chi connectivity index (χ4v) is 5.41. The third-order valence-corrected chi connectivity index (χ3v) is 7.64. The molecule has 2 amide bonds. The van der Waals surface area contributed by atoms with Crippen LogP contribution in [0.15, 0.2) is 66.7 Å². The van der Waals surface area contributed by atoms with Crippen molar-refractivity contribution in [1.82, 2.24) is 30.4 Å². The molecule has 6 rings (SSSR count). The standard InChI is InChI=1S/C31H31FN6O5/c1-41-25-13-9-22(10-14-25)30-34-36-38(35-30)18-28(39)37(17-20-6-15-26-27(16-20)43-19-42-26)29(21-7-11-23(32)12-8-21)31(40)33-24-4-2-3-5-24/h6-16,24,29H,2-5,17-19H2,1H3,(H,33,40). The summed E-state index contributed by atoms with van der Waals surface area (Å²) in [7, 11) is 1.58. The third-order valence-electron chi connectivity index (χ3n) is 7.64. The smallest absolute Gasteiger partial charge is 0.247 e. The largest absolute Gasteiger partial charge is 0.497 e. The van der Waals surface area contributed by atoms with E-state index in [1.54, 1.807) is 43.5 Å². The molecule has 11 nitrogen and oxygen atoms in total. The van der Waals surface area contributed by atoms with E-state index in [9.17, 15) is 14.0 Å². The zero-order valence-corrected chi connectivity index (χ0v) is 23.6. The normalized spacial score (nSPS) is 14.8. The highest BCUT2D eigenvalue weighted by Gasteiger charge is 2.34. The number of hydrogen-bond acceptors (Lipinski definition) is 8. The van der Waals surface area contributed by atoms with Crippen molar-refractivity contribution in [3.8, 4) is 28.6 Å². The van der Waals surface area contributed by atoms with Gasteiger partial charge in [0, 0.05) is 18.2 Å². The molecule has 0 saturated heterocycles. The molecule has 2 aliphatic rings. The maximum atomic E-state index is 14.1. The summed E-state index contributed by atoms with van der Waals surface area (Å²) in [6, 6.07) is 17.1. The number of benzene rings is 3. The molecule has 43 heavy (non-hydrogen) atoms. The van der Waals surface area contributed by atoms with E-state index in [1.807, 2.05) is 6.07 Å². The number of rotatable bonds is 10. The molecular formula is C31H31FN6O5. The van der Waals surface area contributed by atoms with Crippen molar-refractivity contribution in [2.45, 2.75) is 50.9 Å². The van der Waals surface area contributed by atoms with Crippen molar-refractivity contribution in [2.75, 3.05) is 13.9 Å². The minimum Gasteiger partial charge on any atom is -0.497 e. The van der Waals surface area contributed by atoms with E-state index >= 15 is 0 Å². The van der Waals surface area contributed by atoms with Gasteiger partial charge in [-0.1, -0.05) is 31.0 Å². The van der Waals surface area contributed by atoms with Crippen LogP contribution in [0.25, 0.3) is 11.4 Å². The summed E-state index contributed by atoms with van der Waals surface area (Å²) in [6.07, 6.45) is 3.80. The Morgan fingerprint density at radius 3 is 2.53 bits per heavy atom. The summed E-state index contributed by atoms with van der Waals surface area (Å²) < 4.78 is 30.1. The van der Waals surface area contributed by atoms with Gasteiger partial charge in [0.25, 0.3) is 0 Å². The maximum Gasteiger partial charge on any atom is 0.247 e. The molecule has 1 atom stereocenters. The molecule has 222 valence electrons. The molecule has 1 saturated carbocycles. The Hall–Kier alpha value is -5.00. The maximum absolute atomic E-state index is 14.1. The first-order valence-corrected chi connectivity index (χ1v) is 14.1. The zero-order chi connectivity index (χ0) is 29.8. The number of carbonyl (C=O) groups excluding carboxylic acids is 2. The number of amides is 2. The lowest BCUT2D eigenvalue weighted by Gasteiger charge is -2.32. The van der Waals surface area contributed by atoms with Crippen LogP contribution in [0.3, 0.4) is 0 Å². The Kier molecular flexibility index (Phi) is 8.16. The first kappa shape index (κ1) is 28.1. The van der Waals surface area contributed by atoms with Crippen molar-refractivity contribution in [3.63, 3.8) is 0 Å². The highest BCUT2D eigenvalue weighted by molar-refractivity contribution is 5.89. The van der Waals surface area contributed by atoms with Gasteiger partial charge in [0.05, 0.1) is 7.11 Å². The molecule has 0 radical (unpaired) electrons. The van der Waals surface area contributed by atoms with E-state index in [-0.39, 0.29) is 31.8 Å². The molecule has 1 N–H and O–H groups in total. The summed E-state index contributed by atoms with van der Waals surface area (Å²) in [5, 5.41) is 15.7. The number of fused-ring (bicyclic) bond motifs is 1. The van der Waals surface area contributed by atoms with Crippen LogP contribution in [0.1, 0.15) is 42.9 Å². The molecule has 12 heteroatoms. The van der Waals surface area contributed by atoms with Crippen LogP contribution in [0.4, 0.5) is 4.39 Å². The van der Waals surface area contributed by atoms with Gasteiger partial charge < -0.3 is 24.4 Å². The summed E-state index contributed by atoms with van der Waals surface area (Å²) in [4.78, 5) is 30.6. The van der Waals surface area contributed by atoms with Crippen molar-refractivity contribution >= 4 is 11.8 Å². The Balaban J connectivity index is 1.32. The molecule has 3 aromatic carbocycles. The van der Waals surface area contributed by atoms with Gasteiger partial charge in [0.1, 0.15) is 24.2 Å². The van der Waals surface area contributed by atoms with Crippen LogP contribution < -0.4 is 19.5 Å². The second-order valence-electron chi connectivity index (χ2n) is 10.5. The van der Waals surface area contributed by atoms with Gasteiger partial charge in [0.15, 0.2) is 11.5 Å². The van der Waals surface area contributed by atoms with Crippen LogP contribution in [0.5, 0.6) is 17.2 Å². The van der Waals surface area contributed by atoms with E-state index in [2.05, 4.69) is 20.7 Å². The number of methoxy groups -OCH3 is 1. The molecular weight excluding hydrogens is 555 g/mol. The van der Waals surface area contributed by atoms with Gasteiger partial charge in [-0.25, -0.2) is 4.39 Å². The van der Waals surface area contributed by atoms with Crippen molar-refractivity contribution in [1.29, 1.82) is 0 Å². The molecule has 2 heterocycles. The number of ether oxygens (including phenoxy) is 3. The van der Waals surface area contributed by atoms with E-state index in [0.717, 1.165) is 31.2 Å². The fourth-order valence-electron chi connectivity index (χ4n) is 5.41. The lowest BCUT2D eigenvalue weighted by atomic mass is 10.0. The second kappa shape index (κ2) is 12.5. The Labute approximate surface area is 247 Å².